The molecule has 1 N–H and O–H groups in total. The Morgan fingerprint density at radius 1 is 1.44 bits per heavy atom. The predicted octanol–water partition coefficient (Wildman–Crippen LogP) is 1.13. The summed E-state index contributed by atoms with van der Waals surface area (Å²) in [6.07, 6.45) is 1.51. The maximum absolute atomic E-state index is 11.9. The first-order valence-electron chi connectivity index (χ1n) is 5.51. The van der Waals surface area contributed by atoms with Gasteiger partial charge >= 0.3 is 6.03 Å². The number of carbonyl (C=O) groups excluding carboxylic acids is 2. The van der Waals surface area contributed by atoms with E-state index >= 15 is 0 Å². The zero-order valence-corrected chi connectivity index (χ0v) is 10.2. The second-order valence-corrected chi connectivity index (χ2v) is 3.89. The number of hydrogen-bond donors (Lipinski definition) is 1. The fraction of sp³-hybridized carbons (Fsp3) is 0.333. The maximum Gasteiger partial charge on any atom is 0.329 e. The highest BCUT2D eigenvalue weighted by molar-refractivity contribution is 6.13. The molecule has 0 atom stereocenters. The molecule has 1 aromatic rings. The van der Waals surface area contributed by atoms with Crippen molar-refractivity contribution >= 4 is 18.0 Å². The van der Waals surface area contributed by atoms with Gasteiger partial charge in [0, 0.05) is 13.2 Å². The molecule has 1 aliphatic rings. The molecule has 6 nitrogen and oxygen atoms in total. The van der Waals surface area contributed by atoms with E-state index in [0.29, 0.717) is 12.4 Å². The molecule has 6 heteroatoms. The summed E-state index contributed by atoms with van der Waals surface area (Å²) in [5.41, 5.74) is 0.213. The van der Waals surface area contributed by atoms with Crippen molar-refractivity contribution < 1.29 is 18.7 Å². The van der Waals surface area contributed by atoms with Gasteiger partial charge in [0.05, 0.1) is 13.2 Å². The minimum absolute atomic E-state index is 0.213. The van der Waals surface area contributed by atoms with Gasteiger partial charge in [0.15, 0.2) is 0 Å². The summed E-state index contributed by atoms with van der Waals surface area (Å²) in [7, 11) is 1.51. The normalized spacial score (nSPS) is 17.7. The van der Waals surface area contributed by atoms with Crippen LogP contribution in [-0.2, 0) is 9.53 Å². The summed E-state index contributed by atoms with van der Waals surface area (Å²) in [6.45, 7) is 2.35. The van der Waals surface area contributed by atoms with Gasteiger partial charge in [-0.1, -0.05) is 0 Å². The fourth-order valence-corrected chi connectivity index (χ4v) is 1.63. The predicted molar refractivity (Wildman–Crippen MR) is 63.5 cm³/mol. The van der Waals surface area contributed by atoms with Crippen LogP contribution in [0, 0.1) is 6.92 Å². The zero-order chi connectivity index (χ0) is 13.1. The van der Waals surface area contributed by atoms with Crippen LogP contribution in [0.1, 0.15) is 11.5 Å². The Morgan fingerprint density at radius 2 is 2.22 bits per heavy atom. The van der Waals surface area contributed by atoms with Crippen LogP contribution in [-0.4, -0.2) is 37.1 Å². The summed E-state index contributed by atoms with van der Waals surface area (Å²) < 4.78 is 10.2. The maximum atomic E-state index is 11.9. The van der Waals surface area contributed by atoms with Gasteiger partial charge in [-0.3, -0.25) is 9.69 Å². The molecule has 1 aromatic heterocycles. The van der Waals surface area contributed by atoms with Crippen LogP contribution in [0.5, 0.6) is 0 Å². The van der Waals surface area contributed by atoms with E-state index in [1.807, 2.05) is 6.92 Å². The minimum Gasteiger partial charge on any atom is -0.462 e. The number of imide groups is 1. The summed E-state index contributed by atoms with van der Waals surface area (Å²) in [5.74, 6) is 0.908. The number of nitrogens with one attached hydrogen (secondary N) is 1. The highest BCUT2D eigenvalue weighted by Crippen LogP contribution is 2.15. The Labute approximate surface area is 104 Å². The molecule has 0 spiro atoms. The van der Waals surface area contributed by atoms with E-state index in [-0.39, 0.29) is 18.1 Å². The Morgan fingerprint density at radius 3 is 2.83 bits per heavy atom. The highest BCUT2D eigenvalue weighted by atomic mass is 16.5. The van der Waals surface area contributed by atoms with E-state index in [0.717, 1.165) is 10.7 Å². The molecular weight excluding hydrogens is 236 g/mol. The van der Waals surface area contributed by atoms with Gasteiger partial charge < -0.3 is 14.5 Å². The number of furan rings is 1. The lowest BCUT2D eigenvalue weighted by Crippen LogP contribution is -2.33. The second-order valence-electron chi connectivity index (χ2n) is 3.89. The van der Waals surface area contributed by atoms with Crippen LogP contribution >= 0.6 is 0 Å². The van der Waals surface area contributed by atoms with Crippen LogP contribution in [0.15, 0.2) is 22.2 Å². The summed E-state index contributed by atoms with van der Waals surface area (Å²) >= 11 is 0. The monoisotopic (exact) mass is 250 g/mol. The second kappa shape index (κ2) is 5.05. The smallest absolute Gasteiger partial charge is 0.329 e. The topological polar surface area (TPSA) is 71.8 Å². The van der Waals surface area contributed by atoms with Crippen LogP contribution in [0.2, 0.25) is 0 Å². The summed E-state index contributed by atoms with van der Waals surface area (Å²) in [4.78, 5) is 24.6. The van der Waals surface area contributed by atoms with Crippen LogP contribution < -0.4 is 5.32 Å². The van der Waals surface area contributed by atoms with Crippen molar-refractivity contribution in [3.8, 4) is 0 Å². The Hall–Kier alpha value is -2.08. The Bertz CT molecular complexity index is 504. The molecule has 0 unspecified atom stereocenters. The van der Waals surface area contributed by atoms with Crippen molar-refractivity contribution in [2.24, 2.45) is 0 Å². The molecule has 3 amide bonds. The minimum atomic E-state index is -0.438. The number of rotatable bonds is 4. The SMILES string of the molecule is COCCN1C(=O)N/C(=C/c2ccc(C)o2)C1=O. The van der Waals surface area contributed by atoms with Crippen molar-refractivity contribution in [2.45, 2.75) is 6.92 Å². The molecule has 2 heterocycles. The first kappa shape index (κ1) is 12.4. The van der Waals surface area contributed by atoms with Crippen LogP contribution in [0.4, 0.5) is 4.79 Å². The van der Waals surface area contributed by atoms with Crippen molar-refractivity contribution in [3.05, 3.63) is 29.4 Å². The average molecular weight is 250 g/mol. The van der Waals surface area contributed by atoms with Crippen molar-refractivity contribution in [2.75, 3.05) is 20.3 Å². The first-order valence-corrected chi connectivity index (χ1v) is 5.51. The lowest BCUT2D eigenvalue weighted by Gasteiger charge is -2.09. The molecule has 0 aromatic carbocycles. The van der Waals surface area contributed by atoms with Gasteiger partial charge in [0.1, 0.15) is 17.2 Å². The quantitative estimate of drug-likeness (QED) is 0.642. The molecule has 1 fully saturated rings. The standard InChI is InChI=1S/C12H14N2O4/c1-8-3-4-9(18-8)7-10-11(15)14(5-6-17-2)12(16)13-10/h3-4,7H,5-6H2,1-2H3,(H,13,16)/b10-7+. The summed E-state index contributed by atoms with van der Waals surface area (Å²) in [6, 6.07) is 3.09. The van der Waals surface area contributed by atoms with Crippen LogP contribution in [0.3, 0.4) is 0 Å². The highest BCUT2D eigenvalue weighted by Gasteiger charge is 2.33. The summed E-state index contributed by atoms with van der Waals surface area (Å²) in [5, 5.41) is 2.50. The lowest BCUT2D eigenvalue weighted by molar-refractivity contribution is -0.123. The number of hydrogen-bond acceptors (Lipinski definition) is 4. The Kier molecular flexibility index (Phi) is 3.47. The third-order valence-corrected chi connectivity index (χ3v) is 2.53. The zero-order valence-electron chi connectivity index (χ0n) is 10.2. The van der Waals surface area contributed by atoms with E-state index in [4.69, 9.17) is 9.15 Å². The van der Waals surface area contributed by atoms with Gasteiger partial charge in [0.2, 0.25) is 0 Å². The van der Waals surface area contributed by atoms with Crippen molar-refractivity contribution in [1.29, 1.82) is 0 Å². The molecule has 0 aliphatic carbocycles. The number of aryl methyl sites for hydroxylation is 1. The van der Waals surface area contributed by atoms with E-state index in [1.165, 1.54) is 13.2 Å². The molecular formula is C12H14N2O4. The largest absolute Gasteiger partial charge is 0.462 e. The van der Waals surface area contributed by atoms with Crippen molar-refractivity contribution in [3.63, 3.8) is 0 Å². The molecule has 18 heavy (non-hydrogen) atoms. The molecule has 1 saturated heterocycles. The number of nitrogens with zero attached hydrogens (tertiary/aromatic N) is 1. The van der Waals surface area contributed by atoms with E-state index < -0.39 is 6.03 Å². The molecule has 0 saturated carbocycles. The van der Waals surface area contributed by atoms with Gasteiger partial charge in [0.25, 0.3) is 5.91 Å². The van der Waals surface area contributed by atoms with Gasteiger partial charge in [-0.25, -0.2) is 4.79 Å². The van der Waals surface area contributed by atoms with Gasteiger partial charge in [-0.15, -0.1) is 0 Å². The number of amides is 3. The van der Waals surface area contributed by atoms with Crippen molar-refractivity contribution in [1.82, 2.24) is 10.2 Å². The van der Waals surface area contributed by atoms with Gasteiger partial charge in [-0.2, -0.15) is 0 Å². The molecule has 0 radical (unpaired) electrons. The lowest BCUT2D eigenvalue weighted by atomic mass is 10.3. The van der Waals surface area contributed by atoms with Crippen LogP contribution in [0.25, 0.3) is 6.08 Å². The number of carbonyl (C=O) groups is 2. The first-order chi connectivity index (χ1) is 8.61. The van der Waals surface area contributed by atoms with E-state index in [9.17, 15) is 9.59 Å². The average Bonchev–Trinajstić information content (AvgIpc) is 2.84. The number of ether oxygens (including phenoxy) is 1. The molecule has 96 valence electrons. The number of urea groups is 1. The van der Waals surface area contributed by atoms with E-state index in [1.54, 1.807) is 12.1 Å². The Balaban J connectivity index is 2.14. The third-order valence-electron chi connectivity index (χ3n) is 2.53. The van der Waals surface area contributed by atoms with Gasteiger partial charge in [-0.05, 0) is 19.1 Å². The van der Waals surface area contributed by atoms with E-state index in [2.05, 4.69) is 5.32 Å². The third kappa shape index (κ3) is 2.43. The molecule has 0 bridgehead atoms. The number of methoxy groups -OCH3 is 1. The molecule has 2 rings (SSSR count). The molecule has 1 aliphatic heterocycles. The fourth-order valence-electron chi connectivity index (χ4n) is 1.63.